The molecule has 0 saturated heterocycles. The molecule has 0 amide bonds. The van der Waals surface area contributed by atoms with E-state index >= 15 is 0 Å². The van der Waals surface area contributed by atoms with Gasteiger partial charge in [0.15, 0.2) is 0 Å². The molecule has 1 aromatic heterocycles. The molecule has 0 aliphatic carbocycles. The minimum Gasteiger partial charge on any atom is -0.470 e. The quantitative estimate of drug-likeness (QED) is 0.716. The Balaban J connectivity index is 2.11. The van der Waals surface area contributed by atoms with Crippen LogP contribution < -0.4 is 4.74 Å². The molecule has 0 fully saturated rings. The van der Waals surface area contributed by atoms with Crippen LogP contribution in [0.3, 0.4) is 0 Å². The minimum absolute atomic E-state index is 0.760. The van der Waals surface area contributed by atoms with Gasteiger partial charge in [0.05, 0.1) is 16.8 Å². The number of nitrogens with zero attached hydrogens (tertiary/aromatic N) is 1. The number of unbranched alkanes of at least 4 members (excludes halogenated alkanes) is 1. The number of ether oxygens (including phenoxy) is 1. The van der Waals surface area contributed by atoms with Gasteiger partial charge in [-0.25, -0.2) is 4.98 Å². The van der Waals surface area contributed by atoms with E-state index in [9.17, 15) is 0 Å². The lowest BCUT2D eigenvalue weighted by Gasteiger charge is -1.98. The van der Waals surface area contributed by atoms with Crippen LogP contribution in [0, 0.1) is 6.07 Å². The SMILES string of the molecule is CCCCOc1nc2[c]cccc2s1. The van der Waals surface area contributed by atoms with Gasteiger partial charge in [-0.3, -0.25) is 0 Å². The molecule has 0 spiro atoms. The van der Waals surface area contributed by atoms with Crippen molar-refractivity contribution in [2.75, 3.05) is 6.61 Å². The number of fused-ring (bicyclic) bond motifs is 1. The van der Waals surface area contributed by atoms with Gasteiger partial charge in [0.25, 0.3) is 5.19 Å². The van der Waals surface area contributed by atoms with E-state index in [1.165, 1.54) is 0 Å². The van der Waals surface area contributed by atoms with Crippen LogP contribution in [0.5, 0.6) is 5.19 Å². The van der Waals surface area contributed by atoms with Crippen LogP contribution in [0.2, 0.25) is 0 Å². The van der Waals surface area contributed by atoms with E-state index < -0.39 is 0 Å². The standard InChI is InChI=1S/C11H12NOS/c1-2-3-8-13-11-12-9-6-4-5-7-10(9)14-11/h4-5,7H,2-3,8H2,1H3. The van der Waals surface area contributed by atoms with Gasteiger partial charge in [-0.2, -0.15) is 0 Å². The van der Waals surface area contributed by atoms with E-state index in [-0.39, 0.29) is 0 Å². The normalized spacial score (nSPS) is 10.6. The van der Waals surface area contributed by atoms with Crippen LogP contribution in [0.4, 0.5) is 0 Å². The highest BCUT2D eigenvalue weighted by atomic mass is 32.1. The molecule has 0 N–H and O–H groups in total. The average Bonchev–Trinajstić information content (AvgIpc) is 2.60. The van der Waals surface area contributed by atoms with Crippen LogP contribution >= 0.6 is 11.3 Å². The van der Waals surface area contributed by atoms with Gasteiger partial charge in [-0.1, -0.05) is 36.8 Å². The summed E-state index contributed by atoms with van der Waals surface area (Å²) in [6, 6.07) is 8.96. The van der Waals surface area contributed by atoms with Crippen molar-refractivity contribution in [3.05, 3.63) is 24.3 Å². The lowest BCUT2D eigenvalue weighted by molar-refractivity contribution is 0.308. The van der Waals surface area contributed by atoms with Gasteiger partial charge in [-0.15, -0.1) is 0 Å². The van der Waals surface area contributed by atoms with E-state index in [2.05, 4.69) is 18.0 Å². The molecule has 0 saturated carbocycles. The maximum Gasteiger partial charge on any atom is 0.274 e. The zero-order valence-electron chi connectivity index (χ0n) is 8.12. The van der Waals surface area contributed by atoms with E-state index in [1.54, 1.807) is 11.3 Å². The molecule has 0 aliphatic heterocycles. The van der Waals surface area contributed by atoms with Crippen molar-refractivity contribution >= 4 is 21.6 Å². The predicted molar refractivity (Wildman–Crippen MR) is 58.9 cm³/mol. The summed E-state index contributed by atoms with van der Waals surface area (Å²) < 4.78 is 6.66. The highest BCUT2D eigenvalue weighted by Crippen LogP contribution is 2.26. The molecule has 14 heavy (non-hydrogen) atoms. The highest BCUT2D eigenvalue weighted by Gasteiger charge is 2.02. The number of hydrogen-bond acceptors (Lipinski definition) is 3. The van der Waals surface area contributed by atoms with Crippen LogP contribution in [-0.2, 0) is 0 Å². The molecule has 73 valence electrons. The summed E-state index contributed by atoms with van der Waals surface area (Å²) >= 11 is 1.58. The predicted octanol–water partition coefficient (Wildman–Crippen LogP) is 3.28. The third kappa shape index (κ3) is 2.04. The van der Waals surface area contributed by atoms with E-state index in [1.807, 2.05) is 18.2 Å². The maximum atomic E-state index is 5.52. The molecule has 3 heteroatoms. The molecule has 0 bridgehead atoms. The highest BCUT2D eigenvalue weighted by molar-refractivity contribution is 7.20. The van der Waals surface area contributed by atoms with Gasteiger partial charge >= 0.3 is 0 Å². The molecular weight excluding hydrogens is 194 g/mol. The van der Waals surface area contributed by atoms with Crippen molar-refractivity contribution < 1.29 is 4.74 Å². The molecule has 0 atom stereocenters. The van der Waals surface area contributed by atoms with Gasteiger partial charge in [0.1, 0.15) is 0 Å². The number of hydrogen-bond donors (Lipinski definition) is 0. The van der Waals surface area contributed by atoms with Crippen molar-refractivity contribution in [1.29, 1.82) is 0 Å². The van der Waals surface area contributed by atoms with Crippen LogP contribution in [0.25, 0.3) is 10.2 Å². The van der Waals surface area contributed by atoms with Crippen molar-refractivity contribution in [2.45, 2.75) is 19.8 Å². The van der Waals surface area contributed by atoms with Crippen molar-refractivity contribution in [2.24, 2.45) is 0 Å². The topological polar surface area (TPSA) is 22.1 Å². The molecule has 1 aromatic carbocycles. The second-order valence-electron chi connectivity index (χ2n) is 3.06. The molecule has 0 unspecified atom stereocenters. The fourth-order valence-corrected chi connectivity index (χ4v) is 1.97. The molecular formula is C11H12NOS. The average molecular weight is 206 g/mol. The monoisotopic (exact) mass is 206 g/mol. The fraction of sp³-hybridized carbons (Fsp3) is 0.364. The molecule has 2 nitrogen and oxygen atoms in total. The van der Waals surface area contributed by atoms with Gasteiger partial charge in [0, 0.05) is 6.07 Å². The molecule has 0 aliphatic rings. The number of para-hydroxylation sites is 1. The molecule has 1 heterocycles. The van der Waals surface area contributed by atoms with Gasteiger partial charge in [0.2, 0.25) is 0 Å². The Kier molecular flexibility index (Phi) is 2.99. The Bertz CT molecular complexity index is 377. The summed E-state index contributed by atoms with van der Waals surface area (Å²) in [6.45, 7) is 2.91. The Morgan fingerprint density at radius 1 is 1.57 bits per heavy atom. The summed E-state index contributed by atoms with van der Waals surface area (Å²) in [4.78, 5) is 4.33. The van der Waals surface area contributed by atoms with Crippen molar-refractivity contribution in [1.82, 2.24) is 4.98 Å². The zero-order valence-corrected chi connectivity index (χ0v) is 8.93. The van der Waals surface area contributed by atoms with Crippen molar-refractivity contribution in [3.8, 4) is 5.19 Å². The smallest absolute Gasteiger partial charge is 0.274 e. The largest absolute Gasteiger partial charge is 0.470 e. The summed E-state index contributed by atoms with van der Waals surface area (Å²) in [7, 11) is 0. The molecule has 2 aromatic rings. The first kappa shape index (κ1) is 9.46. The number of rotatable bonds is 4. The first-order chi connectivity index (χ1) is 6.90. The van der Waals surface area contributed by atoms with Crippen LogP contribution in [-0.4, -0.2) is 11.6 Å². The van der Waals surface area contributed by atoms with E-state index in [4.69, 9.17) is 4.74 Å². The Morgan fingerprint density at radius 2 is 2.50 bits per heavy atom. The number of aromatic nitrogens is 1. The van der Waals surface area contributed by atoms with E-state index in [0.29, 0.717) is 0 Å². The van der Waals surface area contributed by atoms with Gasteiger partial charge < -0.3 is 4.74 Å². The Hall–Kier alpha value is -1.09. The first-order valence-corrected chi connectivity index (χ1v) is 5.62. The van der Waals surface area contributed by atoms with Crippen molar-refractivity contribution in [3.63, 3.8) is 0 Å². The summed E-state index contributed by atoms with van der Waals surface area (Å²) in [6.07, 6.45) is 2.23. The molecule has 1 radical (unpaired) electrons. The lowest BCUT2D eigenvalue weighted by Crippen LogP contribution is -1.95. The Labute approximate surface area is 87.5 Å². The second kappa shape index (κ2) is 4.42. The third-order valence-corrected chi connectivity index (χ3v) is 2.85. The number of thiazole rings is 1. The first-order valence-electron chi connectivity index (χ1n) is 4.80. The fourth-order valence-electron chi connectivity index (χ4n) is 1.16. The number of benzene rings is 1. The van der Waals surface area contributed by atoms with Gasteiger partial charge in [-0.05, 0) is 12.5 Å². The zero-order chi connectivity index (χ0) is 9.80. The summed E-state index contributed by atoms with van der Waals surface area (Å²) in [5.74, 6) is 0. The van der Waals surface area contributed by atoms with Crippen LogP contribution in [0.15, 0.2) is 18.2 Å². The third-order valence-electron chi connectivity index (χ3n) is 1.92. The van der Waals surface area contributed by atoms with E-state index in [0.717, 1.165) is 34.9 Å². The Morgan fingerprint density at radius 3 is 3.29 bits per heavy atom. The minimum atomic E-state index is 0.760. The maximum absolute atomic E-state index is 5.52. The second-order valence-corrected chi connectivity index (χ2v) is 4.06. The lowest BCUT2D eigenvalue weighted by atomic mass is 10.3. The molecule has 2 rings (SSSR count). The van der Waals surface area contributed by atoms with Crippen LogP contribution in [0.1, 0.15) is 19.8 Å². The summed E-state index contributed by atoms with van der Waals surface area (Å²) in [5, 5.41) is 0.760. The summed E-state index contributed by atoms with van der Waals surface area (Å²) in [5.41, 5.74) is 0.906.